The molecule has 2 rings (SSSR count). The van der Waals surface area contributed by atoms with Gasteiger partial charge in [0.15, 0.2) is 6.61 Å². The zero-order valence-electron chi connectivity index (χ0n) is 9.03. The van der Waals surface area contributed by atoms with Crippen LogP contribution in [-0.4, -0.2) is 23.6 Å². The molecule has 0 atom stereocenters. The number of aliphatic carboxylic acids is 1. The molecule has 0 aromatic heterocycles. The van der Waals surface area contributed by atoms with Gasteiger partial charge >= 0.3 is 5.97 Å². The van der Waals surface area contributed by atoms with Crippen molar-refractivity contribution in [3.63, 3.8) is 0 Å². The van der Waals surface area contributed by atoms with Gasteiger partial charge in [-0.2, -0.15) is 0 Å². The summed E-state index contributed by atoms with van der Waals surface area (Å²) in [6.45, 7) is 3.70. The average molecular weight is 233 g/mol. The molecule has 1 aliphatic rings. The molecule has 0 bridgehead atoms. The van der Waals surface area contributed by atoms with E-state index >= 15 is 0 Å². The molecule has 0 spiro atoms. The van der Waals surface area contributed by atoms with E-state index in [1.54, 1.807) is 18.2 Å². The number of carboxylic acids is 1. The minimum absolute atomic E-state index is 0.00240. The number of carboxylic acid groups (broad SMARTS) is 1. The van der Waals surface area contributed by atoms with Crippen molar-refractivity contribution in [3.05, 3.63) is 30.3 Å². The molecule has 5 nitrogen and oxygen atoms in total. The van der Waals surface area contributed by atoms with Crippen molar-refractivity contribution < 1.29 is 19.4 Å². The molecule has 0 saturated carbocycles. The highest BCUT2D eigenvalue weighted by Crippen LogP contribution is 2.31. The predicted molar refractivity (Wildman–Crippen MR) is 61.9 cm³/mol. The number of ether oxygens (including phenoxy) is 1. The van der Waals surface area contributed by atoms with Crippen molar-refractivity contribution in [1.29, 1.82) is 0 Å². The van der Waals surface area contributed by atoms with Gasteiger partial charge in [-0.3, -0.25) is 9.59 Å². The molecule has 0 unspecified atom stereocenters. The Hall–Kier alpha value is -2.30. The lowest BCUT2D eigenvalue weighted by atomic mass is 10.0. The number of carbonyl (C=O) groups is 2. The summed E-state index contributed by atoms with van der Waals surface area (Å²) in [4.78, 5) is 21.7. The van der Waals surface area contributed by atoms with Crippen molar-refractivity contribution >= 4 is 23.1 Å². The van der Waals surface area contributed by atoms with Gasteiger partial charge in [-0.15, -0.1) is 0 Å². The van der Waals surface area contributed by atoms with E-state index in [0.717, 1.165) is 0 Å². The Bertz CT molecular complexity index is 507. The summed E-state index contributed by atoms with van der Waals surface area (Å²) in [5.41, 5.74) is 1.71. The second-order valence-corrected chi connectivity index (χ2v) is 3.72. The molecule has 0 fully saturated rings. The normalized spacial score (nSPS) is 13.3. The quantitative estimate of drug-likeness (QED) is 0.829. The fourth-order valence-electron chi connectivity index (χ4n) is 1.59. The third-order valence-corrected chi connectivity index (χ3v) is 2.39. The van der Waals surface area contributed by atoms with Gasteiger partial charge in [0, 0.05) is 0 Å². The highest BCUT2D eigenvalue weighted by molar-refractivity contribution is 5.96. The summed E-state index contributed by atoms with van der Waals surface area (Å²) < 4.78 is 5.19. The van der Waals surface area contributed by atoms with Crippen molar-refractivity contribution in [1.82, 2.24) is 0 Å². The average Bonchev–Trinajstić information content (AvgIpc) is 2.27. The minimum Gasteiger partial charge on any atom is -0.482 e. The zero-order valence-corrected chi connectivity index (χ0v) is 9.03. The van der Waals surface area contributed by atoms with Crippen LogP contribution in [0.1, 0.15) is 12.0 Å². The first-order chi connectivity index (χ1) is 8.06. The summed E-state index contributed by atoms with van der Waals surface area (Å²) in [7, 11) is 0. The number of fused-ring (bicyclic) bond motifs is 1. The van der Waals surface area contributed by atoms with Gasteiger partial charge in [-0.1, -0.05) is 12.6 Å². The van der Waals surface area contributed by atoms with E-state index in [9.17, 15) is 9.59 Å². The SMILES string of the molecule is C=C(CC(=O)O)c1ccc2c(c1)NC(=O)CO2. The van der Waals surface area contributed by atoms with Crippen molar-refractivity contribution in [2.45, 2.75) is 6.42 Å². The van der Waals surface area contributed by atoms with Gasteiger partial charge in [-0.25, -0.2) is 0 Å². The van der Waals surface area contributed by atoms with Gasteiger partial charge in [0.1, 0.15) is 5.75 Å². The van der Waals surface area contributed by atoms with Crippen LogP contribution in [0.3, 0.4) is 0 Å². The molecule has 1 aromatic rings. The molecule has 17 heavy (non-hydrogen) atoms. The van der Waals surface area contributed by atoms with E-state index in [1.165, 1.54) is 0 Å². The first-order valence-electron chi connectivity index (χ1n) is 5.03. The van der Waals surface area contributed by atoms with Crippen molar-refractivity contribution in [3.8, 4) is 5.75 Å². The van der Waals surface area contributed by atoms with Gasteiger partial charge in [0.25, 0.3) is 5.91 Å². The summed E-state index contributed by atoms with van der Waals surface area (Å²) in [6, 6.07) is 5.08. The third kappa shape index (κ3) is 2.44. The molecular weight excluding hydrogens is 222 g/mol. The Labute approximate surface area is 97.7 Å². The van der Waals surface area contributed by atoms with Gasteiger partial charge < -0.3 is 15.2 Å². The standard InChI is InChI=1S/C12H11NO4/c1-7(4-12(15)16)8-2-3-10-9(5-8)13-11(14)6-17-10/h2-3,5H,1,4,6H2,(H,13,14)(H,15,16). The molecule has 0 aliphatic carbocycles. The molecule has 88 valence electrons. The van der Waals surface area contributed by atoms with Crippen LogP contribution in [0.15, 0.2) is 24.8 Å². The zero-order chi connectivity index (χ0) is 12.4. The van der Waals surface area contributed by atoms with Gasteiger partial charge in [-0.05, 0) is 23.3 Å². The lowest BCUT2D eigenvalue weighted by Gasteiger charge is -2.18. The van der Waals surface area contributed by atoms with Crippen molar-refractivity contribution in [2.75, 3.05) is 11.9 Å². The molecule has 1 amide bonds. The Morgan fingerprint density at radius 3 is 3.00 bits per heavy atom. The molecule has 0 saturated heterocycles. The Morgan fingerprint density at radius 1 is 1.53 bits per heavy atom. The van der Waals surface area contributed by atoms with E-state index in [0.29, 0.717) is 22.6 Å². The minimum atomic E-state index is -0.937. The Morgan fingerprint density at radius 2 is 2.29 bits per heavy atom. The van der Waals surface area contributed by atoms with E-state index in [1.807, 2.05) is 0 Å². The molecular formula is C12H11NO4. The second kappa shape index (κ2) is 4.29. The molecule has 2 N–H and O–H groups in total. The highest BCUT2D eigenvalue weighted by atomic mass is 16.5. The largest absolute Gasteiger partial charge is 0.482 e. The number of rotatable bonds is 3. The van der Waals surface area contributed by atoms with Crippen LogP contribution >= 0.6 is 0 Å². The molecule has 1 heterocycles. The number of hydrogen-bond donors (Lipinski definition) is 2. The van der Waals surface area contributed by atoms with E-state index in [2.05, 4.69) is 11.9 Å². The number of nitrogens with one attached hydrogen (secondary N) is 1. The first-order valence-corrected chi connectivity index (χ1v) is 5.03. The van der Waals surface area contributed by atoms with Crippen LogP contribution in [0.2, 0.25) is 0 Å². The monoisotopic (exact) mass is 233 g/mol. The fraction of sp³-hybridized carbons (Fsp3) is 0.167. The Balaban J connectivity index is 2.26. The van der Waals surface area contributed by atoms with Gasteiger partial charge in [0.05, 0.1) is 12.1 Å². The van der Waals surface area contributed by atoms with E-state index in [-0.39, 0.29) is 18.9 Å². The maximum absolute atomic E-state index is 11.1. The maximum Gasteiger partial charge on any atom is 0.307 e. The topological polar surface area (TPSA) is 75.6 Å². The molecule has 5 heteroatoms. The highest BCUT2D eigenvalue weighted by Gasteiger charge is 2.16. The van der Waals surface area contributed by atoms with E-state index < -0.39 is 5.97 Å². The summed E-state index contributed by atoms with van der Waals surface area (Å²) in [5, 5.41) is 11.3. The first kappa shape index (κ1) is 11.2. The van der Waals surface area contributed by atoms with Crippen molar-refractivity contribution in [2.24, 2.45) is 0 Å². The number of hydrogen-bond acceptors (Lipinski definition) is 3. The third-order valence-electron chi connectivity index (χ3n) is 2.39. The summed E-state index contributed by atoms with van der Waals surface area (Å²) >= 11 is 0. The molecule has 1 aromatic carbocycles. The number of carbonyl (C=O) groups excluding carboxylic acids is 1. The van der Waals surface area contributed by atoms with Crippen LogP contribution in [0.5, 0.6) is 5.75 Å². The van der Waals surface area contributed by atoms with Gasteiger partial charge in [0.2, 0.25) is 0 Å². The fourth-order valence-corrected chi connectivity index (χ4v) is 1.59. The van der Waals surface area contributed by atoms with E-state index in [4.69, 9.17) is 9.84 Å². The van der Waals surface area contributed by atoms with Crippen LogP contribution in [-0.2, 0) is 9.59 Å². The predicted octanol–water partition coefficient (Wildman–Crippen LogP) is 1.51. The van der Waals surface area contributed by atoms with Crippen LogP contribution < -0.4 is 10.1 Å². The van der Waals surface area contributed by atoms with Crippen LogP contribution in [0, 0.1) is 0 Å². The van der Waals surface area contributed by atoms with Crippen LogP contribution in [0.4, 0.5) is 5.69 Å². The smallest absolute Gasteiger partial charge is 0.307 e. The summed E-state index contributed by atoms with van der Waals surface area (Å²) in [6.07, 6.45) is -0.131. The lowest BCUT2D eigenvalue weighted by molar-refractivity contribution is -0.135. The summed E-state index contributed by atoms with van der Waals surface area (Å²) in [5.74, 6) is -0.581. The number of anilines is 1. The molecule has 1 aliphatic heterocycles. The number of benzene rings is 1. The van der Waals surface area contributed by atoms with Crippen LogP contribution in [0.25, 0.3) is 5.57 Å². The maximum atomic E-state index is 11.1. The second-order valence-electron chi connectivity index (χ2n) is 3.72. The Kier molecular flexibility index (Phi) is 2.82. The molecule has 0 radical (unpaired) electrons. The number of amides is 1. The lowest BCUT2D eigenvalue weighted by Crippen LogP contribution is -2.25.